The highest BCUT2D eigenvalue weighted by Gasteiger charge is 2.33. The van der Waals surface area contributed by atoms with Gasteiger partial charge in [0, 0.05) is 24.6 Å². The van der Waals surface area contributed by atoms with E-state index in [0.717, 1.165) is 23.9 Å². The minimum absolute atomic E-state index is 0.0586. The summed E-state index contributed by atoms with van der Waals surface area (Å²) in [6, 6.07) is 17.9. The Hall–Kier alpha value is -4.07. The molecule has 0 fully saturated rings. The second kappa shape index (κ2) is 11.6. The van der Waals surface area contributed by atoms with Crippen molar-refractivity contribution in [3.63, 3.8) is 0 Å². The van der Waals surface area contributed by atoms with E-state index < -0.39 is 6.04 Å². The molecule has 186 valence electrons. The maximum absolute atomic E-state index is 14.0. The number of fused-ring (bicyclic) bond motifs is 1. The first-order chi connectivity index (χ1) is 17.5. The van der Waals surface area contributed by atoms with Crippen molar-refractivity contribution in [1.29, 1.82) is 0 Å². The Morgan fingerprint density at radius 3 is 2.42 bits per heavy atom. The number of hydrogen-bond donors (Lipinski definition) is 1. The van der Waals surface area contributed by atoms with Crippen LogP contribution in [0.5, 0.6) is 0 Å². The summed E-state index contributed by atoms with van der Waals surface area (Å²) in [5, 5.41) is 11.4. The molecule has 1 atom stereocenters. The maximum Gasteiger partial charge on any atom is 0.249 e. The van der Waals surface area contributed by atoms with E-state index in [0.29, 0.717) is 29.2 Å². The molecule has 4 aromatic rings. The average Bonchev–Trinajstić information content (AvgIpc) is 3.30. The molecule has 0 saturated carbocycles. The van der Waals surface area contributed by atoms with Crippen LogP contribution in [0.4, 0.5) is 5.69 Å². The summed E-state index contributed by atoms with van der Waals surface area (Å²) in [4.78, 5) is 33.2. The molecule has 4 rings (SSSR count). The summed E-state index contributed by atoms with van der Waals surface area (Å²) in [6.45, 7) is 6.77. The molecule has 2 amide bonds. The van der Waals surface area contributed by atoms with Gasteiger partial charge in [-0.15, -0.1) is 5.10 Å². The molecule has 0 aliphatic heterocycles. The number of anilines is 1. The number of nitrogens with zero attached hydrogens (tertiary/aromatic N) is 5. The number of aromatic nitrogens is 4. The predicted molar refractivity (Wildman–Crippen MR) is 140 cm³/mol. The molecule has 2 aromatic carbocycles. The van der Waals surface area contributed by atoms with Gasteiger partial charge in [-0.2, -0.15) is 0 Å². The van der Waals surface area contributed by atoms with Crippen molar-refractivity contribution in [1.82, 2.24) is 25.3 Å². The van der Waals surface area contributed by atoms with E-state index in [-0.39, 0.29) is 18.4 Å². The first-order valence-corrected chi connectivity index (χ1v) is 12.3. The standard InChI is InChI=1S/C28H32N6O2/c1-4-21-9-11-23(12-10-21)34(26(35)19-33-25-8-6-5-7-24(25)31-32-33)27(22-14-16-29-17-15-22)28(36)30-18-13-20(2)3/h5-12,14-17,20,27H,4,13,18-19H2,1-3H3,(H,30,36)/t27-/m1/s1. The number of benzene rings is 2. The molecule has 0 aliphatic carbocycles. The second-order valence-electron chi connectivity index (χ2n) is 9.18. The van der Waals surface area contributed by atoms with Gasteiger partial charge in [-0.05, 0) is 66.3 Å². The number of hydrogen-bond acceptors (Lipinski definition) is 5. The van der Waals surface area contributed by atoms with E-state index in [2.05, 4.69) is 41.4 Å². The Kier molecular flexibility index (Phi) is 8.05. The van der Waals surface area contributed by atoms with Crippen LogP contribution < -0.4 is 10.2 Å². The van der Waals surface area contributed by atoms with Crippen molar-refractivity contribution in [2.24, 2.45) is 5.92 Å². The van der Waals surface area contributed by atoms with E-state index in [1.165, 1.54) is 0 Å². The van der Waals surface area contributed by atoms with Crippen molar-refractivity contribution < 1.29 is 9.59 Å². The first kappa shape index (κ1) is 25.0. The topological polar surface area (TPSA) is 93.0 Å². The number of carbonyl (C=O) groups is 2. The number of pyridine rings is 1. The fraction of sp³-hybridized carbons (Fsp3) is 0.321. The molecule has 0 radical (unpaired) electrons. The maximum atomic E-state index is 14.0. The van der Waals surface area contributed by atoms with Crippen LogP contribution >= 0.6 is 0 Å². The second-order valence-corrected chi connectivity index (χ2v) is 9.18. The van der Waals surface area contributed by atoms with Crippen molar-refractivity contribution in [2.45, 2.75) is 46.2 Å². The van der Waals surface area contributed by atoms with E-state index in [1.54, 1.807) is 34.1 Å². The smallest absolute Gasteiger partial charge is 0.249 e. The van der Waals surface area contributed by atoms with Gasteiger partial charge in [0.05, 0.1) is 5.52 Å². The van der Waals surface area contributed by atoms with Crippen LogP contribution in [-0.4, -0.2) is 38.3 Å². The highest BCUT2D eigenvalue weighted by molar-refractivity contribution is 6.01. The highest BCUT2D eigenvalue weighted by Crippen LogP contribution is 2.29. The third kappa shape index (κ3) is 5.76. The summed E-state index contributed by atoms with van der Waals surface area (Å²) < 4.78 is 1.57. The van der Waals surface area contributed by atoms with E-state index in [1.807, 2.05) is 48.5 Å². The van der Waals surface area contributed by atoms with Crippen molar-refractivity contribution >= 4 is 28.5 Å². The summed E-state index contributed by atoms with van der Waals surface area (Å²) in [5.41, 5.74) is 3.94. The fourth-order valence-corrected chi connectivity index (χ4v) is 4.11. The summed E-state index contributed by atoms with van der Waals surface area (Å²) >= 11 is 0. The lowest BCUT2D eigenvalue weighted by atomic mass is 10.0. The van der Waals surface area contributed by atoms with Crippen LogP contribution in [0.3, 0.4) is 0 Å². The van der Waals surface area contributed by atoms with E-state index in [4.69, 9.17) is 0 Å². The lowest BCUT2D eigenvalue weighted by molar-refractivity contribution is -0.127. The Bertz CT molecular complexity index is 1300. The molecule has 8 heteroatoms. The average molecular weight is 485 g/mol. The molecule has 0 aliphatic rings. The number of rotatable bonds is 10. The Morgan fingerprint density at radius 2 is 1.72 bits per heavy atom. The molecule has 1 N–H and O–H groups in total. The van der Waals surface area contributed by atoms with Gasteiger partial charge in [-0.25, -0.2) is 4.68 Å². The van der Waals surface area contributed by atoms with Crippen LogP contribution in [0.25, 0.3) is 11.0 Å². The van der Waals surface area contributed by atoms with Gasteiger partial charge in [0.1, 0.15) is 18.1 Å². The molecular formula is C28H32N6O2. The van der Waals surface area contributed by atoms with Crippen LogP contribution in [0.2, 0.25) is 0 Å². The monoisotopic (exact) mass is 484 g/mol. The zero-order valence-corrected chi connectivity index (χ0v) is 21.0. The van der Waals surface area contributed by atoms with Crippen LogP contribution in [-0.2, 0) is 22.6 Å². The van der Waals surface area contributed by atoms with Crippen LogP contribution in [0, 0.1) is 5.92 Å². The molecular weight excluding hydrogens is 452 g/mol. The molecule has 36 heavy (non-hydrogen) atoms. The molecule has 0 unspecified atom stereocenters. The van der Waals surface area contributed by atoms with Gasteiger partial charge < -0.3 is 5.32 Å². The van der Waals surface area contributed by atoms with Gasteiger partial charge in [0.2, 0.25) is 11.8 Å². The predicted octanol–water partition coefficient (Wildman–Crippen LogP) is 4.33. The summed E-state index contributed by atoms with van der Waals surface area (Å²) in [6.07, 6.45) is 5.00. The number of para-hydroxylation sites is 1. The number of amides is 2. The Labute approximate surface area is 211 Å². The molecule has 0 saturated heterocycles. The number of carbonyl (C=O) groups excluding carboxylic acids is 2. The Morgan fingerprint density at radius 1 is 1.00 bits per heavy atom. The summed E-state index contributed by atoms with van der Waals surface area (Å²) in [7, 11) is 0. The quantitative estimate of drug-likeness (QED) is 0.362. The fourth-order valence-electron chi connectivity index (χ4n) is 4.11. The third-order valence-corrected chi connectivity index (χ3v) is 6.15. The third-order valence-electron chi connectivity index (χ3n) is 6.15. The van der Waals surface area contributed by atoms with Crippen molar-refractivity contribution in [3.05, 3.63) is 84.2 Å². The number of aryl methyl sites for hydroxylation is 1. The Balaban J connectivity index is 1.74. The SMILES string of the molecule is CCc1ccc(N(C(=O)Cn2nnc3ccccc32)[C@@H](C(=O)NCCC(C)C)c2ccncc2)cc1. The molecule has 0 spiro atoms. The van der Waals surface area contributed by atoms with Gasteiger partial charge >= 0.3 is 0 Å². The van der Waals surface area contributed by atoms with E-state index >= 15 is 0 Å². The van der Waals surface area contributed by atoms with Gasteiger partial charge in [0.15, 0.2) is 0 Å². The number of nitrogens with one attached hydrogen (secondary N) is 1. The minimum Gasteiger partial charge on any atom is -0.354 e. The van der Waals surface area contributed by atoms with Crippen LogP contribution in [0.1, 0.15) is 44.4 Å². The summed E-state index contributed by atoms with van der Waals surface area (Å²) in [5.74, 6) is -0.0569. The van der Waals surface area contributed by atoms with Crippen molar-refractivity contribution in [2.75, 3.05) is 11.4 Å². The molecule has 2 heterocycles. The molecule has 2 aromatic heterocycles. The van der Waals surface area contributed by atoms with Gasteiger partial charge in [0.25, 0.3) is 0 Å². The molecule has 0 bridgehead atoms. The van der Waals surface area contributed by atoms with Crippen LogP contribution in [0.15, 0.2) is 73.1 Å². The normalized spacial score (nSPS) is 12.0. The lowest BCUT2D eigenvalue weighted by Gasteiger charge is -2.31. The lowest BCUT2D eigenvalue weighted by Crippen LogP contribution is -2.45. The highest BCUT2D eigenvalue weighted by atomic mass is 16.2. The van der Waals surface area contributed by atoms with E-state index in [9.17, 15) is 9.59 Å². The van der Waals surface area contributed by atoms with Gasteiger partial charge in [-0.1, -0.05) is 50.3 Å². The first-order valence-electron chi connectivity index (χ1n) is 12.3. The largest absolute Gasteiger partial charge is 0.354 e. The van der Waals surface area contributed by atoms with Gasteiger partial charge in [-0.3, -0.25) is 19.5 Å². The minimum atomic E-state index is -0.866. The zero-order valence-electron chi connectivity index (χ0n) is 21.0. The van der Waals surface area contributed by atoms with Crippen molar-refractivity contribution in [3.8, 4) is 0 Å². The molecule has 8 nitrogen and oxygen atoms in total. The zero-order chi connectivity index (χ0) is 25.5.